The average Bonchev–Trinajstić information content (AvgIpc) is 2.62. The number of hydrogen-bond donors (Lipinski definition) is 3. The molecule has 0 saturated carbocycles. The van der Waals surface area contributed by atoms with Crippen LogP contribution in [-0.2, 0) is 12.0 Å². The second-order valence-electron chi connectivity index (χ2n) is 6.53. The summed E-state index contributed by atoms with van der Waals surface area (Å²) in [4.78, 5) is 12.3. The van der Waals surface area contributed by atoms with Gasteiger partial charge in [-0.15, -0.1) is 0 Å². The summed E-state index contributed by atoms with van der Waals surface area (Å²) < 4.78 is 5.19. The molecule has 25 heavy (non-hydrogen) atoms. The Labute approximate surface area is 148 Å². The second-order valence-corrected chi connectivity index (χ2v) is 6.53. The quantitative estimate of drug-likeness (QED) is 0.799. The third kappa shape index (κ3) is 3.77. The fourth-order valence-corrected chi connectivity index (χ4v) is 3.34. The standard InChI is InChI=1S/C20H24N2O3/c1-14-9-10-16(25-2)12-18(14)22-19(23)21-13-20(24)11-5-7-15-6-3-4-8-17(15)20/h3-4,6,8-10,12,24H,5,7,11,13H2,1-2H3,(H2,21,22,23). The van der Waals surface area contributed by atoms with E-state index in [9.17, 15) is 9.90 Å². The van der Waals surface area contributed by atoms with Gasteiger partial charge in [0.1, 0.15) is 11.4 Å². The molecule has 2 aromatic rings. The van der Waals surface area contributed by atoms with Gasteiger partial charge >= 0.3 is 6.03 Å². The zero-order valence-electron chi connectivity index (χ0n) is 14.6. The first-order chi connectivity index (χ1) is 12.0. The largest absolute Gasteiger partial charge is 0.497 e. The van der Waals surface area contributed by atoms with Crippen LogP contribution in [0.15, 0.2) is 42.5 Å². The molecule has 0 aromatic heterocycles. The molecule has 5 heteroatoms. The van der Waals surface area contributed by atoms with Crippen molar-refractivity contribution in [1.82, 2.24) is 5.32 Å². The smallest absolute Gasteiger partial charge is 0.319 e. The van der Waals surface area contributed by atoms with Crippen molar-refractivity contribution >= 4 is 11.7 Å². The Balaban J connectivity index is 1.67. The first-order valence-corrected chi connectivity index (χ1v) is 8.52. The zero-order valence-corrected chi connectivity index (χ0v) is 14.6. The lowest BCUT2D eigenvalue weighted by molar-refractivity contribution is 0.0221. The van der Waals surface area contributed by atoms with Crippen molar-refractivity contribution < 1.29 is 14.6 Å². The molecule has 1 atom stereocenters. The highest BCUT2D eigenvalue weighted by Crippen LogP contribution is 2.34. The summed E-state index contributed by atoms with van der Waals surface area (Å²) >= 11 is 0. The molecule has 0 aliphatic heterocycles. The molecule has 1 aliphatic carbocycles. The SMILES string of the molecule is COc1ccc(C)c(NC(=O)NCC2(O)CCCc3ccccc32)c1. The molecular weight excluding hydrogens is 316 g/mol. The van der Waals surface area contributed by atoms with Crippen LogP contribution in [0.1, 0.15) is 29.5 Å². The molecule has 1 aliphatic rings. The number of hydrogen-bond acceptors (Lipinski definition) is 3. The molecular formula is C20H24N2O3. The number of benzene rings is 2. The maximum absolute atomic E-state index is 12.3. The van der Waals surface area contributed by atoms with Crippen molar-refractivity contribution in [3.8, 4) is 5.75 Å². The molecule has 0 heterocycles. The number of nitrogens with one attached hydrogen (secondary N) is 2. The number of aliphatic hydroxyl groups is 1. The van der Waals surface area contributed by atoms with E-state index in [-0.39, 0.29) is 12.6 Å². The van der Waals surface area contributed by atoms with Crippen LogP contribution in [0.2, 0.25) is 0 Å². The van der Waals surface area contributed by atoms with Crippen LogP contribution in [0, 0.1) is 6.92 Å². The van der Waals surface area contributed by atoms with E-state index in [1.165, 1.54) is 0 Å². The van der Waals surface area contributed by atoms with Crippen molar-refractivity contribution in [3.63, 3.8) is 0 Å². The van der Waals surface area contributed by atoms with Crippen LogP contribution in [0.5, 0.6) is 5.75 Å². The van der Waals surface area contributed by atoms with Gasteiger partial charge in [0.05, 0.1) is 13.7 Å². The van der Waals surface area contributed by atoms with Crippen LogP contribution in [0.4, 0.5) is 10.5 Å². The molecule has 3 rings (SSSR count). The average molecular weight is 340 g/mol. The van der Waals surface area contributed by atoms with Gasteiger partial charge in [0.2, 0.25) is 0 Å². The van der Waals surface area contributed by atoms with Crippen LogP contribution in [0.3, 0.4) is 0 Å². The van der Waals surface area contributed by atoms with Gasteiger partial charge in [-0.3, -0.25) is 0 Å². The molecule has 2 aromatic carbocycles. The van der Waals surface area contributed by atoms with Crippen molar-refractivity contribution in [3.05, 3.63) is 59.2 Å². The van der Waals surface area contributed by atoms with Crippen molar-refractivity contribution in [2.75, 3.05) is 19.0 Å². The fourth-order valence-electron chi connectivity index (χ4n) is 3.34. The fraction of sp³-hybridized carbons (Fsp3) is 0.350. The lowest BCUT2D eigenvalue weighted by Gasteiger charge is -2.34. The van der Waals surface area contributed by atoms with Gasteiger partial charge < -0.3 is 20.5 Å². The maximum Gasteiger partial charge on any atom is 0.319 e. The van der Waals surface area contributed by atoms with Crippen LogP contribution in [0.25, 0.3) is 0 Å². The Kier molecular flexibility index (Phi) is 4.95. The first kappa shape index (κ1) is 17.3. The number of fused-ring (bicyclic) bond motifs is 1. The number of rotatable bonds is 4. The molecule has 0 saturated heterocycles. The van der Waals surface area contributed by atoms with Crippen molar-refractivity contribution in [2.24, 2.45) is 0 Å². The van der Waals surface area contributed by atoms with Gasteiger partial charge in [0.25, 0.3) is 0 Å². The minimum Gasteiger partial charge on any atom is -0.497 e. The highest BCUT2D eigenvalue weighted by Gasteiger charge is 2.34. The summed E-state index contributed by atoms with van der Waals surface area (Å²) in [5, 5.41) is 16.6. The van der Waals surface area contributed by atoms with Gasteiger partial charge in [0, 0.05) is 11.8 Å². The number of carbonyl (C=O) groups is 1. The minimum absolute atomic E-state index is 0.179. The highest BCUT2D eigenvalue weighted by molar-refractivity contribution is 5.90. The van der Waals surface area contributed by atoms with Gasteiger partial charge in [-0.1, -0.05) is 30.3 Å². The first-order valence-electron chi connectivity index (χ1n) is 8.52. The molecule has 2 amide bonds. The number of carbonyl (C=O) groups excluding carboxylic acids is 1. The number of anilines is 1. The monoisotopic (exact) mass is 340 g/mol. The lowest BCUT2D eigenvalue weighted by Crippen LogP contribution is -2.44. The van der Waals surface area contributed by atoms with Crippen molar-refractivity contribution in [2.45, 2.75) is 31.8 Å². The number of methoxy groups -OCH3 is 1. The van der Waals surface area contributed by atoms with Gasteiger partial charge in [-0.2, -0.15) is 0 Å². The van der Waals surface area contributed by atoms with E-state index >= 15 is 0 Å². The summed E-state index contributed by atoms with van der Waals surface area (Å²) in [6.07, 6.45) is 2.52. The topological polar surface area (TPSA) is 70.6 Å². The normalized spacial score (nSPS) is 19.0. The highest BCUT2D eigenvalue weighted by atomic mass is 16.5. The molecule has 0 spiro atoms. The van der Waals surface area contributed by atoms with E-state index < -0.39 is 5.60 Å². The van der Waals surface area contributed by atoms with E-state index in [1.807, 2.05) is 43.3 Å². The molecule has 0 fully saturated rings. The molecule has 5 nitrogen and oxygen atoms in total. The zero-order chi connectivity index (χ0) is 17.9. The van der Waals surface area contributed by atoms with Gasteiger partial charge in [-0.05, 0) is 48.9 Å². The summed E-state index contributed by atoms with van der Waals surface area (Å²) in [7, 11) is 1.59. The number of aryl methyl sites for hydroxylation is 2. The Bertz CT molecular complexity index is 775. The summed E-state index contributed by atoms with van der Waals surface area (Å²) in [6.45, 7) is 2.10. The van der Waals surface area contributed by atoms with E-state index in [0.717, 1.165) is 29.5 Å². The molecule has 1 unspecified atom stereocenters. The van der Waals surface area contributed by atoms with E-state index in [1.54, 1.807) is 13.2 Å². The predicted molar refractivity (Wildman–Crippen MR) is 98.0 cm³/mol. The minimum atomic E-state index is -1.02. The van der Waals surface area contributed by atoms with Gasteiger partial charge in [0.15, 0.2) is 0 Å². The Morgan fingerprint density at radius 3 is 2.88 bits per heavy atom. The number of amides is 2. The maximum atomic E-state index is 12.3. The third-order valence-corrected chi connectivity index (χ3v) is 4.79. The van der Waals surface area contributed by atoms with Crippen molar-refractivity contribution in [1.29, 1.82) is 0 Å². The van der Waals surface area contributed by atoms with Gasteiger partial charge in [-0.25, -0.2) is 4.79 Å². The molecule has 0 radical (unpaired) electrons. The Morgan fingerprint density at radius 1 is 1.28 bits per heavy atom. The predicted octanol–water partition coefficient (Wildman–Crippen LogP) is 3.35. The molecule has 3 N–H and O–H groups in total. The Hall–Kier alpha value is -2.53. The summed E-state index contributed by atoms with van der Waals surface area (Å²) in [5.74, 6) is 0.681. The van der Waals surface area contributed by atoms with E-state index in [4.69, 9.17) is 4.74 Å². The van der Waals surface area contributed by atoms with E-state index in [0.29, 0.717) is 17.9 Å². The number of urea groups is 1. The molecule has 132 valence electrons. The van der Waals surface area contributed by atoms with Crippen LogP contribution < -0.4 is 15.4 Å². The summed E-state index contributed by atoms with van der Waals surface area (Å²) in [6, 6.07) is 13.1. The number of ether oxygens (including phenoxy) is 1. The third-order valence-electron chi connectivity index (χ3n) is 4.79. The van der Waals surface area contributed by atoms with Crippen LogP contribution in [-0.4, -0.2) is 24.8 Å². The molecule has 0 bridgehead atoms. The Morgan fingerprint density at radius 2 is 2.08 bits per heavy atom. The van der Waals surface area contributed by atoms with E-state index in [2.05, 4.69) is 10.6 Å². The lowest BCUT2D eigenvalue weighted by atomic mass is 9.79. The van der Waals surface area contributed by atoms with Crippen LogP contribution >= 0.6 is 0 Å². The summed E-state index contributed by atoms with van der Waals surface area (Å²) in [5.41, 5.74) is 2.68. The second kappa shape index (κ2) is 7.15.